The Labute approximate surface area is 121 Å². The lowest BCUT2D eigenvalue weighted by Crippen LogP contribution is -2.61. The molecule has 0 saturated carbocycles. The van der Waals surface area contributed by atoms with Gasteiger partial charge in [-0.3, -0.25) is 0 Å². The van der Waals surface area contributed by atoms with Crippen molar-refractivity contribution in [3.8, 4) is 0 Å². The molecule has 1 heterocycles. The summed E-state index contributed by atoms with van der Waals surface area (Å²) >= 11 is 0. The molecule has 124 valence electrons. The molecule has 6 N–H and O–H groups in total. The van der Waals surface area contributed by atoms with Crippen molar-refractivity contribution in [2.75, 3.05) is 13.2 Å². The average molecular weight is 310 g/mol. The minimum atomic E-state index is -1.70. The van der Waals surface area contributed by atoms with E-state index in [0.29, 0.717) is 0 Å². The molecule has 9 nitrogen and oxygen atoms in total. The van der Waals surface area contributed by atoms with Crippen molar-refractivity contribution in [3.05, 3.63) is 0 Å². The van der Waals surface area contributed by atoms with Crippen molar-refractivity contribution in [1.82, 2.24) is 0 Å². The first-order valence-electron chi connectivity index (χ1n) is 6.45. The second-order valence-corrected chi connectivity index (χ2v) is 5.70. The summed E-state index contributed by atoms with van der Waals surface area (Å²) in [4.78, 5) is 11.2. The average Bonchev–Trinajstić information content (AvgIpc) is 2.43. The van der Waals surface area contributed by atoms with E-state index < -0.39 is 61.4 Å². The second kappa shape index (κ2) is 6.97. The fourth-order valence-corrected chi connectivity index (χ4v) is 1.97. The highest BCUT2D eigenvalue weighted by Crippen LogP contribution is 2.29. The summed E-state index contributed by atoms with van der Waals surface area (Å²) in [5.74, 6) is -1.38. The van der Waals surface area contributed by atoms with Gasteiger partial charge in [0.25, 0.3) is 0 Å². The molecule has 21 heavy (non-hydrogen) atoms. The van der Waals surface area contributed by atoms with Crippen molar-refractivity contribution in [2.45, 2.75) is 50.7 Å². The molecule has 0 bridgehead atoms. The van der Waals surface area contributed by atoms with Crippen LogP contribution < -0.4 is 0 Å². The van der Waals surface area contributed by atoms with E-state index in [1.54, 1.807) is 0 Å². The van der Waals surface area contributed by atoms with Crippen LogP contribution in [0.25, 0.3) is 0 Å². The zero-order valence-corrected chi connectivity index (χ0v) is 11.8. The van der Waals surface area contributed by atoms with E-state index in [0.717, 1.165) is 0 Å². The van der Waals surface area contributed by atoms with E-state index in [2.05, 4.69) is 0 Å². The number of hydrogen-bond donors (Lipinski definition) is 6. The number of rotatable bonds is 6. The van der Waals surface area contributed by atoms with E-state index in [9.17, 15) is 25.2 Å². The maximum atomic E-state index is 11.2. The van der Waals surface area contributed by atoms with Crippen LogP contribution in [0.5, 0.6) is 0 Å². The van der Waals surface area contributed by atoms with Crippen molar-refractivity contribution >= 4 is 5.97 Å². The van der Waals surface area contributed by atoms with Crippen LogP contribution in [0.1, 0.15) is 13.8 Å². The Bertz CT molecular complexity index is 357. The molecule has 0 spiro atoms. The fraction of sp³-hybridized carbons (Fsp3) is 0.917. The van der Waals surface area contributed by atoms with Gasteiger partial charge in [-0.05, 0) is 0 Å². The molecule has 1 fully saturated rings. The quantitative estimate of drug-likeness (QED) is 0.306. The molecule has 0 amide bonds. The first kappa shape index (κ1) is 18.2. The molecule has 1 aliphatic rings. The minimum Gasteiger partial charge on any atom is -0.479 e. The van der Waals surface area contributed by atoms with Crippen molar-refractivity contribution in [3.63, 3.8) is 0 Å². The third-order valence-electron chi connectivity index (χ3n) is 3.46. The van der Waals surface area contributed by atoms with Gasteiger partial charge in [0.15, 0.2) is 12.4 Å². The Morgan fingerprint density at radius 2 is 1.76 bits per heavy atom. The summed E-state index contributed by atoms with van der Waals surface area (Å²) in [5, 5.41) is 56.5. The van der Waals surface area contributed by atoms with Crippen LogP contribution in [0.15, 0.2) is 0 Å². The van der Waals surface area contributed by atoms with Crippen LogP contribution in [-0.2, 0) is 14.3 Å². The van der Waals surface area contributed by atoms with Crippen molar-refractivity contribution < 1.29 is 44.9 Å². The molecule has 9 heteroatoms. The Kier molecular flexibility index (Phi) is 6.05. The van der Waals surface area contributed by atoms with Gasteiger partial charge in [0.05, 0.1) is 13.2 Å². The summed E-state index contributed by atoms with van der Waals surface area (Å²) in [5.41, 5.74) is -1.18. The van der Waals surface area contributed by atoms with E-state index in [1.807, 2.05) is 0 Å². The molecule has 0 aromatic carbocycles. The Morgan fingerprint density at radius 3 is 2.19 bits per heavy atom. The number of aliphatic hydroxyl groups is 5. The third-order valence-corrected chi connectivity index (χ3v) is 3.46. The van der Waals surface area contributed by atoms with Crippen LogP contribution in [0.3, 0.4) is 0 Å². The van der Waals surface area contributed by atoms with Crippen LogP contribution in [-0.4, -0.2) is 86.6 Å². The maximum absolute atomic E-state index is 11.2. The SMILES string of the molecule is CC(C)(CO)[C@@H](O[C@@H]1O[C@H](CO)[C@@H](O)[C@H](O)[C@H]1O)C(=O)O. The summed E-state index contributed by atoms with van der Waals surface area (Å²) in [6, 6.07) is 0. The monoisotopic (exact) mass is 310 g/mol. The van der Waals surface area contributed by atoms with Gasteiger partial charge in [0.2, 0.25) is 0 Å². The molecular weight excluding hydrogens is 288 g/mol. The summed E-state index contributed by atoms with van der Waals surface area (Å²) in [6.45, 7) is 1.74. The molecule has 1 saturated heterocycles. The van der Waals surface area contributed by atoms with Gasteiger partial charge in [-0.25, -0.2) is 4.79 Å². The lowest BCUT2D eigenvalue weighted by Gasteiger charge is -2.42. The Morgan fingerprint density at radius 1 is 1.19 bits per heavy atom. The zero-order chi connectivity index (χ0) is 16.4. The smallest absolute Gasteiger partial charge is 0.333 e. The maximum Gasteiger partial charge on any atom is 0.333 e. The van der Waals surface area contributed by atoms with Crippen molar-refractivity contribution in [2.24, 2.45) is 5.41 Å². The van der Waals surface area contributed by atoms with E-state index in [-0.39, 0.29) is 0 Å². The highest BCUT2D eigenvalue weighted by molar-refractivity contribution is 5.73. The van der Waals surface area contributed by atoms with Gasteiger partial charge in [-0.1, -0.05) is 13.8 Å². The normalized spacial score (nSPS) is 35.5. The standard InChI is InChI=1S/C12H22O9/c1-12(2,4-14)9(10(18)19)21-11-8(17)7(16)6(15)5(3-13)20-11/h5-9,11,13-17H,3-4H2,1-2H3,(H,18,19)/t5-,6-,7+,8-,9+,11+/m1/s1. The van der Waals surface area contributed by atoms with Gasteiger partial charge in [0.1, 0.15) is 24.4 Å². The molecule has 0 radical (unpaired) electrons. The van der Waals surface area contributed by atoms with Crippen LogP contribution in [0.2, 0.25) is 0 Å². The minimum absolute atomic E-state index is 0.499. The summed E-state index contributed by atoms with van der Waals surface area (Å²) in [6.07, 6.45) is -9.19. The number of aliphatic carboxylic acids is 1. The highest BCUT2D eigenvalue weighted by atomic mass is 16.7. The van der Waals surface area contributed by atoms with Gasteiger partial charge in [-0.15, -0.1) is 0 Å². The number of carboxylic acids is 1. The molecule has 0 aliphatic carbocycles. The highest BCUT2D eigenvalue weighted by Gasteiger charge is 2.47. The van der Waals surface area contributed by atoms with E-state index in [4.69, 9.17) is 19.7 Å². The van der Waals surface area contributed by atoms with Crippen LogP contribution in [0, 0.1) is 5.41 Å². The number of aliphatic hydroxyl groups excluding tert-OH is 5. The predicted octanol–water partition coefficient (Wildman–Crippen LogP) is -2.73. The molecular formula is C12H22O9. The summed E-state index contributed by atoms with van der Waals surface area (Å²) < 4.78 is 10.2. The molecule has 1 aliphatic heterocycles. The Balaban J connectivity index is 2.90. The van der Waals surface area contributed by atoms with Gasteiger partial charge in [0, 0.05) is 5.41 Å². The first-order valence-corrected chi connectivity index (χ1v) is 6.45. The molecule has 0 unspecified atom stereocenters. The number of carbonyl (C=O) groups is 1. The lowest BCUT2D eigenvalue weighted by molar-refractivity contribution is -0.317. The number of hydrogen-bond acceptors (Lipinski definition) is 8. The predicted molar refractivity (Wildman–Crippen MR) is 67.1 cm³/mol. The van der Waals surface area contributed by atoms with E-state index >= 15 is 0 Å². The lowest BCUT2D eigenvalue weighted by atomic mass is 9.87. The van der Waals surface area contributed by atoms with Gasteiger partial charge in [-0.2, -0.15) is 0 Å². The number of carboxylic acid groups (broad SMARTS) is 1. The first-order chi connectivity index (χ1) is 9.65. The number of ether oxygens (including phenoxy) is 2. The molecule has 1 rings (SSSR count). The third kappa shape index (κ3) is 3.89. The van der Waals surface area contributed by atoms with Gasteiger partial charge >= 0.3 is 5.97 Å². The zero-order valence-electron chi connectivity index (χ0n) is 11.8. The summed E-state index contributed by atoms with van der Waals surface area (Å²) in [7, 11) is 0. The largest absolute Gasteiger partial charge is 0.479 e. The fourth-order valence-electron chi connectivity index (χ4n) is 1.97. The topological polar surface area (TPSA) is 157 Å². The molecule has 0 aromatic rings. The van der Waals surface area contributed by atoms with Crippen molar-refractivity contribution in [1.29, 1.82) is 0 Å². The van der Waals surface area contributed by atoms with Gasteiger partial charge < -0.3 is 40.1 Å². The molecule has 6 atom stereocenters. The second-order valence-electron chi connectivity index (χ2n) is 5.70. The molecule has 0 aromatic heterocycles. The van der Waals surface area contributed by atoms with E-state index in [1.165, 1.54) is 13.8 Å². The van der Waals surface area contributed by atoms with Crippen LogP contribution in [0.4, 0.5) is 0 Å². The van der Waals surface area contributed by atoms with Crippen LogP contribution >= 0.6 is 0 Å². The Hall–Kier alpha value is -0.810.